The SMILES string of the molecule is CCC(O)(CC)c1ccc(-c2ccc(OCc3ccc(CO)c(CO)c3)cc2)c(C)c1. The molecule has 0 fully saturated rings. The van der Waals surface area contributed by atoms with Gasteiger partial charge in [0.15, 0.2) is 0 Å². The standard InChI is InChI=1S/C27H32O4/c1-4-27(30,5-2)24-10-13-26(19(3)14-24)21-8-11-25(12-9-21)31-18-20-6-7-22(16-28)23(15-20)17-29/h6-15,28-30H,4-5,16-18H2,1-3H3. The molecule has 3 rings (SSSR count). The van der Waals surface area contributed by atoms with Crippen LogP contribution in [-0.4, -0.2) is 15.3 Å². The number of aliphatic hydroxyl groups is 3. The number of hydrogen-bond acceptors (Lipinski definition) is 4. The van der Waals surface area contributed by atoms with E-state index in [1.54, 1.807) is 0 Å². The van der Waals surface area contributed by atoms with Gasteiger partial charge in [-0.3, -0.25) is 0 Å². The highest BCUT2D eigenvalue weighted by atomic mass is 16.5. The molecule has 0 aliphatic rings. The molecule has 4 heteroatoms. The highest BCUT2D eigenvalue weighted by Gasteiger charge is 2.25. The molecule has 0 bridgehead atoms. The number of ether oxygens (including phenoxy) is 1. The van der Waals surface area contributed by atoms with Crippen molar-refractivity contribution in [3.63, 3.8) is 0 Å². The Labute approximate surface area is 184 Å². The van der Waals surface area contributed by atoms with Crippen LogP contribution >= 0.6 is 0 Å². The van der Waals surface area contributed by atoms with Crippen molar-refractivity contribution in [1.82, 2.24) is 0 Å². The Balaban J connectivity index is 1.72. The molecular weight excluding hydrogens is 388 g/mol. The molecule has 3 aromatic rings. The van der Waals surface area contributed by atoms with Crippen molar-refractivity contribution < 1.29 is 20.1 Å². The van der Waals surface area contributed by atoms with Crippen molar-refractivity contribution in [2.75, 3.05) is 0 Å². The molecule has 3 N–H and O–H groups in total. The summed E-state index contributed by atoms with van der Waals surface area (Å²) in [6.45, 7) is 6.29. The van der Waals surface area contributed by atoms with Crippen LogP contribution in [-0.2, 0) is 25.4 Å². The molecular formula is C27H32O4. The van der Waals surface area contributed by atoms with Crippen LogP contribution in [0, 0.1) is 6.92 Å². The van der Waals surface area contributed by atoms with Crippen LogP contribution in [0.4, 0.5) is 0 Å². The molecule has 0 aliphatic heterocycles. The first kappa shape index (κ1) is 23.0. The molecule has 0 radical (unpaired) electrons. The van der Waals surface area contributed by atoms with E-state index in [-0.39, 0.29) is 13.2 Å². The summed E-state index contributed by atoms with van der Waals surface area (Å²) < 4.78 is 5.90. The molecule has 0 saturated carbocycles. The summed E-state index contributed by atoms with van der Waals surface area (Å²) in [6.07, 6.45) is 1.38. The zero-order chi connectivity index (χ0) is 22.4. The number of aliphatic hydroxyl groups excluding tert-OH is 2. The van der Waals surface area contributed by atoms with Crippen LogP contribution in [0.25, 0.3) is 11.1 Å². The lowest BCUT2D eigenvalue weighted by atomic mass is 9.86. The molecule has 4 nitrogen and oxygen atoms in total. The smallest absolute Gasteiger partial charge is 0.119 e. The molecule has 0 heterocycles. The maximum Gasteiger partial charge on any atom is 0.119 e. The minimum absolute atomic E-state index is 0.0882. The topological polar surface area (TPSA) is 69.9 Å². The fraction of sp³-hybridized carbons (Fsp3) is 0.333. The average molecular weight is 421 g/mol. The minimum Gasteiger partial charge on any atom is -0.489 e. The summed E-state index contributed by atoms with van der Waals surface area (Å²) in [5.74, 6) is 0.765. The highest BCUT2D eigenvalue weighted by Crippen LogP contribution is 2.33. The van der Waals surface area contributed by atoms with Crippen LogP contribution in [0.15, 0.2) is 60.7 Å². The van der Waals surface area contributed by atoms with Crippen molar-refractivity contribution >= 4 is 0 Å². The molecule has 0 aliphatic carbocycles. The Morgan fingerprint density at radius 1 is 0.806 bits per heavy atom. The summed E-state index contributed by atoms with van der Waals surface area (Å²) in [4.78, 5) is 0. The fourth-order valence-electron chi connectivity index (χ4n) is 3.90. The van der Waals surface area contributed by atoms with Gasteiger partial charge in [0, 0.05) is 0 Å². The Hall–Kier alpha value is -2.66. The monoisotopic (exact) mass is 420 g/mol. The van der Waals surface area contributed by atoms with E-state index in [0.717, 1.165) is 44.7 Å². The molecule has 0 unspecified atom stereocenters. The van der Waals surface area contributed by atoms with Gasteiger partial charge in [-0.1, -0.05) is 56.3 Å². The van der Waals surface area contributed by atoms with E-state index in [1.807, 2.05) is 62.4 Å². The molecule has 0 spiro atoms. The van der Waals surface area contributed by atoms with Gasteiger partial charge in [-0.05, 0) is 76.9 Å². The third-order valence-electron chi connectivity index (χ3n) is 6.12. The maximum absolute atomic E-state index is 10.8. The van der Waals surface area contributed by atoms with E-state index in [2.05, 4.69) is 19.1 Å². The zero-order valence-electron chi connectivity index (χ0n) is 18.6. The van der Waals surface area contributed by atoms with Crippen molar-refractivity contribution in [1.29, 1.82) is 0 Å². The second-order valence-corrected chi connectivity index (χ2v) is 8.00. The van der Waals surface area contributed by atoms with Gasteiger partial charge in [-0.2, -0.15) is 0 Å². The average Bonchev–Trinajstić information content (AvgIpc) is 2.82. The van der Waals surface area contributed by atoms with Crippen LogP contribution in [0.3, 0.4) is 0 Å². The Morgan fingerprint density at radius 3 is 2.06 bits per heavy atom. The predicted molar refractivity (Wildman–Crippen MR) is 124 cm³/mol. The van der Waals surface area contributed by atoms with Gasteiger partial charge in [-0.15, -0.1) is 0 Å². The predicted octanol–water partition coefficient (Wildman–Crippen LogP) is 5.23. The normalized spacial score (nSPS) is 11.5. The zero-order valence-corrected chi connectivity index (χ0v) is 18.6. The number of aryl methyl sites for hydroxylation is 1. The van der Waals surface area contributed by atoms with E-state index in [0.29, 0.717) is 19.4 Å². The van der Waals surface area contributed by atoms with Crippen LogP contribution < -0.4 is 4.74 Å². The second kappa shape index (κ2) is 10.1. The van der Waals surface area contributed by atoms with Gasteiger partial charge in [0.1, 0.15) is 12.4 Å². The quantitative estimate of drug-likeness (QED) is 0.443. The molecule has 0 aromatic heterocycles. The summed E-state index contributed by atoms with van der Waals surface area (Å²) in [5.41, 5.74) is 5.95. The third-order valence-corrected chi connectivity index (χ3v) is 6.12. The van der Waals surface area contributed by atoms with E-state index < -0.39 is 5.60 Å². The van der Waals surface area contributed by atoms with Gasteiger partial charge in [0.2, 0.25) is 0 Å². The van der Waals surface area contributed by atoms with Gasteiger partial charge in [-0.25, -0.2) is 0 Å². The second-order valence-electron chi connectivity index (χ2n) is 8.00. The van der Waals surface area contributed by atoms with Gasteiger partial charge in [0.25, 0.3) is 0 Å². The lowest BCUT2D eigenvalue weighted by Crippen LogP contribution is -2.23. The highest BCUT2D eigenvalue weighted by molar-refractivity contribution is 5.68. The van der Waals surface area contributed by atoms with E-state index >= 15 is 0 Å². The van der Waals surface area contributed by atoms with E-state index in [1.165, 1.54) is 0 Å². The van der Waals surface area contributed by atoms with Crippen molar-refractivity contribution in [3.05, 3.63) is 88.5 Å². The Bertz CT molecular complexity index is 1000. The first-order valence-electron chi connectivity index (χ1n) is 10.8. The van der Waals surface area contributed by atoms with E-state index in [9.17, 15) is 15.3 Å². The first-order valence-corrected chi connectivity index (χ1v) is 10.8. The maximum atomic E-state index is 10.8. The van der Waals surface area contributed by atoms with Crippen molar-refractivity contribution in [2.24, 2.45) is 0 Å². The lowest BCUT2D eigenvalue weighted by Gasteiger charge is -2.26. The molecule has 0 atom stereocenters. The van der Waals surface area contributed by atoms with Crippen LogP contribution in [0.5, 0.6) is 5.75 Å². The van der Waals surface area contributed by atoms with Gasteiger partial charge in [0.05, 0.1) is 18.8 Å². The largest absolute Gasteiger partial charge is 0.489 e. The molecule has 0 amide bonds. The summed E-state index contributed by atoms with van der Waals surface area (Å²) >= 11 is 0. The van der Waals surface area contributed by atoms with E-state index in [4.69, 9.17) is 4.74 Å². The molecule has 164 valence electrons. The lowest BCUT2D eigenvalue weighted by molar-refractivity contribution is 0.0283. The molecule has 3 aromatic carbocycles. The van der Waals surface area contributed by atoms with Crippen molar-refractivity contribution in [3.8, 4) is 16.9 Å². The number of hydrogen-bond donors (Lipinski definition) is 3. The van der Waals surface area contributed by atoms with Gasteiger partial charge < -0.3 is 20.1 Å². The van der Waals surface area contributed by atoms with Gasteiger partial charge >= 0.3 is 0 Å². The Morgan fingerprint density at radius 2 is 1.48 bits per heavy atom. The minimum atomic E-state index is -0.772. The summed E-state index contributed by atoms with van der Waals surface area (Å²) in [7, 11) is 0. The number of benzene rings is 3. The van der Waals surface area contributed by atoms with Crippen LogP contribution in [0.1, 0.15) is 54.5 Å². The Kier molecular flexibility index (Phi) is 7.50. The fourth-order valence-corrected chi connectivity index (χ4v) is 3.90. The first-order chi connectivity index (χ1) is 14.9. The molecule has 0 saturated heterocycles. The van der Waals surface area contributed by atoms with Crippen molar-refractivity contribution in [2.45, 2.75) is 59.0 Å². The molecule has 31 heavy (non-hydrogen) atoms. The summed E-state index contributed by atoms with van der Waals surface area (Å²) in [5, 5.41) is 29.6. The summed E-state index contributed by atoms with van der Waals surface area (Å²) in [6, 6.07) is 19.7. The number of rotatable bonds is 9. The van der Waals surface area contributed by atoms with Crippen LogP contribution in [0.2, 0.25) is 0 Å². The third kappa shape index (κ3) is 5.16.